The van der Waals surface area contributed by atoms with Crippen LogP contribution in [0.4, 0.5) is 0 Å². The van der Waals surface area contributed by atoms with Gasteiger partial charge in [-0.15, -0.1) is 0 Å². The zero-order valence-corrected chi connectivity index (χ0v) is 13.9. The highest BCUT2D eigenvalue weighted by Gasteiger charge is 1.98. The maximum absolute atomic E-state index is 11.0. The summed E-state index contributed by atoms with van der Waals surface area (Å²) in [6.07, 6.45) is 12.6. The van der Waals surface area contributed by atoms with E-state index in [1.807, 2.05) is 0 Å². The molecule has 0 aromatic carbocycles. The average molecular weight is 323 g/mol. The van der Waals surface area contributed by atoms with Gasteiger partial charge in [-0.2, -0.15) is 0 Å². The molecule has 120 valence electrons. The van der Waals surface area contributed by atoms with Crippen molar-refractivity contribution in [3.05, 3.63) is 51.7 Å². The first-order chi connectivity index (χ1) is 10.7. The van der Waals surface area contributed by atoms with Crippen LogP contribution in [0.25, 0.3) is 0 Å². The predicted molar refractivity (Wildman–Crippen MR) is 89.1 cm³/mol. The molecule has 0 saturated carbocycles. The molecule has 6 heteroatoms. The third kappa shape index (κ3) is 6.80. The first-order valence-electron chi connectivity index (χ1n) is 7.65. The van der Waals surface area contributed by atoms with Gasteiger partial charge in [0.05, 0.1) is 6.33 Å². The molecular weight excluding hydrogens is 300 g/mol. The molecule has 2 aromatic heterocycles. The van der Waals surface area contributed by atoms with Crippen LogP contribution in [0, 0.1) is 0 Å². The Morgan fingerprint density at radius 1 is 1.05 bits per heavy atom. The lowest BCUT2D eigenvalue weighted by Gasteiger charge is -1.99. The third-order valence-corrected chi connectivity index (χ3v) is 3.46. The monoisotopic (exact) mass is 322 g/mol. The van der Waals surface area contributed by atoms with Gasteiger partial charge in [0.15, 0.2) is 0 Å². The molecule has 0 bridgehead atoms. The van der Waals surface area contributed by atoms with Crippen LogP contribution in [-0.2, 0) is 12.8 Å². The number of hydrogen-bond acceptors (Lipinski definition) is 4. The second-order valence-corrected chi connectivity index (χ2v) is 5.31. The fourth-order valence-electron chi connectivity index (χ4n) is 1.80. The van der Waals surface area contributed by atoms with Crippen molar-refractivity contribution in [1.29, 1.82) is 0 Å². The van der Waals surface area contributed by atoms with E-state index in [-0.39, 0.29) is 5.56 Å². The van der Waals surface area contributed by atoms with Crippen molar-refractivity contribution in [3.63, 3.8) is 0 Å². The molecular formula is C16H23ClN4O. The highest BCUT2D eigenvalue weighted by molar-refractivity contribution is 6.30. The Hall–Kier alpha value is -1.75. The second kappa shape index (κ2) is 10.9. The second-order valence-electron chi connectivity index (χ2n) is 4.95. The van der Waals surface area contributed by atoms with Crippen molar-refractivity contribution in [2.45, 2.75) is 52.4 Å². The zero-order chi connectivity index (χ0) is 16.2. The van der Waals surface area contributed by atoms with Crippen LogP contribution in [0.5, 0.6) is 0 Å². The Balaban J connectivity index is 0.000000220. The van der Waals surface area contributed by atoms with Crippen LogP contribution in [0.1, 0.15) is 50.7 Å². The molecule has 2 rings (SSSR count). The molecule has 2 aromatic rings. The molecule has 0 aliphatic rings. The van der Waals surface area contributed by atoms with E-state index in [9.17, 15) is 4.79 Å². The number of unbranched alkanes of at least 4 members (excludes halogenated alkanes) is 2. The Morgan fingerprint density at radius 2 is 1.68 bits per heavy atom. The molecule has 0 radical (unpaired) electrons. The normalized spacial score (nSPS) is 9.95. The minimum atomic E-state index is -0.00606. The highest BCUT2D eigenvalue weighted by Crippen LogP contribution is 2.12. The summed E-state index contributed by atoms with van der Waals surface area (Å²) in [5, 5.41) is 0.591. The zero-order valence-electron chi connectivity index (χ0n) is 13.2. The summed E-state index contributed by atoms with van der Waals surface area (Å²) in [5.41, 5.74) is 1.83. The van der Waals surface area contributed by atoms with Gasteiger partial charge in [-0.3, -0.25) is 4.79 Å². The lowest BCUT2D eigenvalue weighted by molar-refractivity contribution is 0.781. The van der Waals surface area contributed by atoms with Crippen molar-refractivity contribution in [2.24, 2.45) is 0 Å². The summed E-state index contributed by atoms with van der Waals surface area (Å²) in [7, 11) is 0. The fourth-order valence-corrected chi connectivity index (χ4v) is 1.99. The Bertz CT molecular complexity index is 600. The lowest BCUT2D eigenvalue weighted by atomic mass is 10.1. The minimum absolute atomic E-state index is 0.00606. The number of rotatable bonds is 6. The molecule has 0 unspecified atom stereocenters. The summed E-state index contributed by atoms with van der Waals surface area (Å²) < 4.78 is 0. The van der Waals surface area contributed by atoms with E-state index in [0.29, 0.717) is 5.15 Å². The third-order valence-electron chi connectivity index (χ3n) is 3.12. The Kier molecular flexibility index (Phi) is 9.07. The Labute approximate surface area is 136 Å². The van der Waals surface area contributed by atoms with Gasteiger partial charge in [0.2, 0.25) is 0 Å². The maximum atomic E-state index is 11.0. The molecule has 0 amide bonds. The van der Waals surface area contributed by atoms with E-state index in [1.165, 1.54) is 19.1 Å². The highest BCUT2D eigenvalue weighted by atomic mass is 35.5. The van der Waals surface area contributed by atoms with E-state index < -0.39 is 0 Å². The number of aromatic amines is 1. The lowest BCUT2D eigenvalue weighted by Crippen LogP contribution is -2.11. The molecule has 0 aliphatic heterocycles. The van der Waals surface area contributed by atoms with E-state index in [0.717, 1.165) is 43.2 Å². The summed E-state index contributed by atoms with van der Waals surface area (Å²) in [4.78, 5) is 25.2. The average Bonchev–Trinajstić information content (AvgIpc) is 2.54. The molecule has 2 heterocycles. The number of halogens is 1. The van der Waals surface area contributed by atoms with Gasteiger partial charge in [-0.05, 0) is 25.7 Å². The number of H-pyrrole nitrogens is 1. The summed E-state index contributed by atoms with van der Waals surface area (Å²) >= 11 is 5.81. The molecule has 22 heavy (non-hydrogen) atoms. The summed E-state index contributed by atoms with van der Waals surface area (Å²) in [6, 6.07) is 0. The van der Waals surface area contributed by atoms with Gasteiger partial charge in [-0.25, -0.2) is 15.0 Å². The summed E-state index contributed by atoms with van der Waals surface area (Å²) in [6.45, 7) is 4.25. The van der Waals surface area contributed by atoms with Gasteiger partial charge < -0.3 is 4.98 Å². The number of hydrogen-bond donors (Lipinski definition) is 1. The predicted octanol–water partition coefficient (Wildman–Crippen LogP) is 3.59. The number of nitrogens with zero attached hydrogens (tertiary/aromatic N) is 3. The largest absolute Gasteiger partial charge is 0.313 e. The van der Waals surface area contributed by atoms with Crippen molar-refractivity contribution in [1.82, 2.24) is 19.9 Å². The van der Waals surface area contributed by atoms with Crippen molar-refractivity contribution < 1.29 is 0 Å². The molecule has 5 nitrogen and oxygen atoms in total. The van der Waals surface area contributed by atoms with Crippen LogP contribution < -0.4 is 5.56 Å². The summed E-state index contributed by atoms with van der Waals surface area (Å²) in [5.74, 6) is 0. The van der Waals surface area contributed by atoms with Gasteiger partial charge in [0, 0.05) is 23.5 Å². The van der Waals surface area contributed by atoms with Crippen LogP contribution in [-0.4, -0.2) is 19.9 Å². The quantitative estimate of drug-likeness (QED) is 0.825. The van der Waals surface area contributed by atoms with Gasteiger partial charge in [0.1, 0.15) is 11.5 Å². The van der Waals surface area contributed by atoms with E-state index in [2.05, 4.69) is 33.8 Å². The number of nitrogens with one attached hydrogen (secondary N) is 1. The minimum Gasteiger partial charge on any atom is -0.313 e. The van der Waals surface area contributed by atoms with Crippen molar-refractivity contribution in [2.75, 3.05) is 0 Å². The first kappa shape index (κ1) is 18.3. The molecule has 0 saturated heterocycles. The van der Waals surface area contributed by atoms with Gasteiger partial charge >= 0.3 is 0 Å². The molecule has 0 atom stereocenters. The number of aryl methyl sites for hydroxylation is 2. The van der Waals surface area contributed by atoms with Gasteiger partial charge in [0.25, 0.3) is 5.56 Å². The maximum Gasteiger partial charge on any atom is 0.253 e. The standard InChI is InChI=1S/C8H11ClN2.C8H12N2O/c1-2-3-4-7-5-10-6-11-8(7)9;1-2-3-4-7-5-9-6-10-8(7)11/h5-6H,2-4H2,1H3;5-6H,2-4H2,1H3,(H,9,10,11). The SMILES string of the molecule is CCCCc1cnc[nH]c1=O.CCCCc1cncnc1Cl. The van der Waals surface area contributed by atoms with Crippen LogP contribution >= 0.6 is 11.6 Å². The van der Waals surface area contributed by atoms with Crippen LogP contribution in [0.2, 0.25) is 5.15 Å². The van der Waals surface area contributed by atoms with E-state index in [1.54, 1.807) is 12.4 Å². The first-order valence-corrected chi connectivity index (χ1v) is 8.02. The Morgan fingerprint density at radius 3 is 2.27 bits per heavy atom. The van der Waals surface area contributed by atoms with Crippen LogP contribution in [0.3, 0.4) is 0 Å². The smallest absolute Gasteiger partial charge is 0.253 e. The fraction of sp³-hybridized carbons (Fsp3) is 0.500. The van der Waals surface area contributed by atoms with Crippen molar-refractivity contribution in [3.8, 4) is 0 Å². The van der Waals surface area contributed by atoms with Crippen molar-refractivity contribution >= 4 is 11.6 Å². The topological polar surface area (TPSA) is 71.5 Å². The van der Waals surface area contributed by atoms with Gasteiger partial charge in [-0.1, -0.05) is 38.3 Å². The van der Waals surface area contributed by atoms with E-state index in [4.69, 9.17) is 11.6 Å². The molecule has 1 N–H and O–H groups in total. The molecule has 0 spiro atoms. The van der Waals surface area contributed by atoms with E-state index >= 15 is 0 Å². The molecule has 0 aliphatic carbocycles. The van der Waals surface area contributed by atoms with Crippen LogP contribution in [0.15, 0.2) is 29.8 Å². The number of aromatic nitrogens is 4. The molecule has 0 fully saturated rings.